The van der Waals surface area contributed by atoms with Gasteiger partial charge in [-0.25, -0.2) is 0 Å². The smallest absolute Gasteiger partial charge is 0.227 e. The molecule has 0 saturated carbocycles. The van der Waals surface area contributed by atoms with Crippen molar-refractivity contribution in [1.82, 2.24) is 0 Å². The van der Waals surface area contributed by atoms with Crippen LogP contribution in [0, 0.1) is 5.92 Å². The molecule has 1 aliphatic rings. The number of benzene rings is 1. The molecule has 5 nitrogen and oxygen atoms in total. The molecule has 1 atom stereocenters. The fourth-order valence-electron chi connectivity index (χ4n) is 1.78. The molecule has 1 aromatic carbocycles. The highest BCUT2D eigenvalue weighted by Crippen LogP contribution is 2.26. The lowest BCUT2D eigenvalue weighted by Crippen LogP contribution is -2.28. The van der Waals surface area contributed by atoms with E-state index in [0.29, 0.717) is 12.2 Å². The Hall–Kier alpha value is -2.04. The van der Waals surface area contributed by atoms with Gasteiger partial charge in [0, 0.05) is 18.7 Å². The minimum atomic E-state index is -0.449. The van der Waals surface area contributed by atoms with Gasteiger partial charge in [0.1, 0.15) is 5.75 Å². The van der Waals surface area contributed by atoms with Gasteiger partial charge < -0.3 is 15.7 Å². The Bertz CT molecular complexity index is 427. The summed E-state index contributed by atoms with van der Waals surface area (Å²) >= 11 is 0. The number of carbonyl (C=O) groups excluding carboxylic acids is 2. The number of phenolic OH excluding ortho intramolecular Hbond substituents is 1. The predicted octanol–water partition coefficient (Wildman–Crippen LogP) is 0.230. The number of hydrogen-bond acceptors (Lipinski definition) is 3. The quantitative estimate of drug-likeness (QED) is 0.748. The SMILES string of the molecule is NC(=O)[C@H]1CC(=O)N(c2ccc(O)cc2)C1. The molecule has 1 heterocycles. The van der Waals surface area contributed by atoms with Gasteiger partial charge >= 0.3 is 0 Å². The molecule has 1 saturated heterocycles. The Labute approximate surface area is 92.5 Å². The first-order valence-corrected chi connectivity index (χ1v) is 4.96. The van der Waals surface area contributed by atoms with Crippen molar-refractivity contribution < 1.29 is 14.7 Å². The lowest BCUT2D eigenvalue weighted by atomic mass is 10.1. The van der Waals surface area contributed by atoms with Gasteiger partial charge in [-0.05, 0) is 24.3 Å². The van der Waals surface area contributed by atoms with E-state index in [-0.39, 0.29) is 18.1 Å². The van der Waals surface area contributed by atoms with E-state index in [1.165, 1.54) is 17.0 Å². The van der Waals surface area contributed by atoms with Crippen molar-refractivity contribution in [2.75, 3.05) is 11.4 Å². The zero-order chi connectivity index (χ0) is 11.7. The monoisotopic (exact) mass is 220 g/mol. The van der Waals surface area contributed by atoms with E-state index in [2.05, 4.69) is 0 Å². The maximum absolute atomic E-state index is 11.6. The number of anilines is 1. The van der Waals surface area contributed by atoms with Gasteiger partial charge in [0.2, 0.25) is 11.8 Å². The van der Waals surface area contributed by atoms with Crippen LogP contribution in [0.4, 0.5) is 5.69 Å². The maximum atomic E-state index is 11.6. The van der Waals surface area contributed by atoms with E-state index in [1.54, 1.807) is 12.1 Å². The predicted molar refractivity (Wildman–Crippen MR) is 57.8 cm³/mol. The highest BCUT2D eigenvalue weighted by Gasteiger charge is 2.33. The van der Waals surface area contributed by atoms with E-state index in [0.717, 1.165) is 0 Å². The molecule has 5 heteroatoms. The molecule has 1 aromatic rings. The highest BCUT2D eigenvalue weighted by atomic mass is 16.3. The average molecular weight is 220 g/mol. The Morgan fingerprint density at radius 3 is 2.50 bits per heavy atom. The molecule has 84 valence electrons. The standard InChI is InChI=1S/C11H12N2O3/c12-11(16)7-5-10(15)13(6-7)8-1-3-9(14)4-2-8/h1-4,7,14H,5-6H2,(H2,12,16)/t7-/m0/s1. The molecule has 2 amide bonds. The van der Waals surface area contributed by atoms with Gasteiger partial charge in [0.15, 0.2) is 0 Å². The summed E-state index contributed by atoms with van der Waals surface area (Å²) in [5.41, 5.74) is 5.84. The first-order chi connectivity index (χ1) is 7.58. The first-order valence-electron chi connectivity index (χ1n) is 4.96. The van der Waals surface area contributed by atoms with Gasteiger partial charge in [0.05, 0.1) is 5.92 Å². The highest BCUT2D eigenvalue weighted by molar-refractivity contribution is 6.00. The number of nitrogens with two attached hydrogens (primary N) is 1. The topological polar surface area (TPSA) is 83.6 Å². The van der Waals surface area contributed by atoms with E-state index < -0.39 is 11.8 Å². The number of amides is 2. The van der Waals surface area contributed by atoms with Crippen molar-refractivity contribution in [3.8, 4) is 5.75 Å². The van der Waals surface area contributed by atoms with E-state index in [4.69, 9.17) is 10.8 Å². The molecule has 3 N–H and O–H groups in total. The van der Waals surface area contributed by atoms with E-state index in [9.17, 15) is 9.59 Å². The van der Waals surface area contributed by atoms with Crippen LogP contribution < -0.4 is 10.6 Å². The molecule has 1 aliphatic heterocycles. The van der Waals surface area contributed by atoms with Crippen LogP contribution in [-0.4, -0.2) is 23.5 Å². The molecule has 0 bridgehead atoms. The second-order valence-electron chi connectivity index (χ2n) is 3.82. The summed E-state index contributed by atoms with van der Waals surface area (Å²) < 4.78 is 0. The maximum Gasteiger partial charge on any atom is 0.227 e. The minimum absolute atomic E-state index is 0.116. The molecule has 16 heavy (non-hydrogen) atoms. The Balaban J connectivity index is 2.20. The molecular weight excluding hydrogens is 208 g/mol. The summed E-state index contributed by atoms with van der Waals surface area (Å²) in [6.45, 7) is 0.318. The van der Waals surface area contributed by atoms with Crippen LogP contribution in [0.2, 0.25) is 0 Å². The van der Waals surface area contributed by atoms with Crippen molar-refractivity contribution in [2.24, 2.45) is 11.7 Å². The summed E-state index contributed by atoms with van der Waals surface area (Å²) in [5, 5.41) is 9.13. The third-order valence-corrected chi connectivity index (χ3v) is 2.69. The third-order valence-electron chi connectivity index (χ3n) is 2.69. The lowest BCUT2D eigenvalue weighted by Gasteiger charge is -2.15. The molecular formula is C11H12N2O3. The largest absolute Gasteiger partial charge is 0.508 e. The summed E-state index contributed by atoms with van der Waals surface area (Å²) in [4.78, 5) is 24.1. The van der Waals surface area contributed by atoms with Crippen LogP contribution in [0.1, 0.15) is 6.42 Å². The van der Waals surface area contributed by atoms with Crippen LogP contribution in [-0.2, 0) is 9.59 Å². The van der Waals surface area contributed by atoms with Crippen molar-refractivity contribution in [3.05, 3.63) is 24.3 Å². The second kappa shape index (κ2) is 3.84. The summed E-state index contributed by atoms with van der Waals surface area (Å²) in [6.07, 6.45) is 0.163. The number of carbonyl (C=O) groups is 2. The average Bonchev–Trinajstić information content (AvgIpc) is 2.62. The lowest BCUT2D eigenvalue weighted by molar-refractivity contribution is -0.123. The third kappa shape index (κ3) is 1.84. The van der Waals surface area contributed by atoms with Crippen LogP contribution in [0.25, 0.3) is 0 Å². The van der Waals surface area contributed by atoms with Crippen molar-refractivity contribution in [1.29, 1.82) is 0 Å². The number of phenols is 1. The molecule has 0 spiro atoms. The normalized spacial score (nSPS) is 20.1. The molecule has 0 unspecified atom stereocenters. The minimum Gasteiger partial charge on any atom is -0.508 e. The van der Waals surface area contributed by atoms with Gasteiger partial charge in [-0.15, -0.1) is 0 Å². The van der Waals surface area contributed by atoms with Crippen molar-refractivity contribution in [3.63, 3.8) is 0 Å². The van der Waals surface area contributed by atoms with Crippen LogP contribution in [0.15, 0.2) is 24.3 Å². The Morgan fingerprint density at radius 1 is 1.38 bits per heavy atom. The fraction of sp³-hybridized carbons (Fsp3) is 0.273. The summed E-state index contributed by atoms with van der Waals surface area (Å²) in [7, 11) is 0. The van der Waals surface area contributed by atoms with Crippen LogP contribution >= 0.6 is 0 Å². The molecule has 2 rings (SSSR count). The van der Waals surface area contributed by atoms with Crippen molar-refractivity contribution >= 4 is 17.5 Å². The van der Waals surface area contributed by atoms with Crippen LogP contribution in [0.5, 0.6) is 5.75 Å². The van der Waals surface area contributed by atoms with Gasteiger partial charge in [-0.1, -0.05) is 0 Å². The number of nitrogens with zero attached hydrogens (tertiary/aromatic N) is 1. The van der Waals surface area contributed by atoms with Crippen molar-refractivity contribution in [2.45, 2.75) is 6.42 Å². The summed E-state index contributed by atoms with van der Waals surface area (Å²) in [6, 6.07) is 6.27. The fourth-order valence-corrected chi connectivity index (χ4v) is 1.78. The van der Waals surface area contributed by atoms with E-state index in [1.807, 2.05) is 0 Å². The second-order valence-corrected chi connectivity index (χ2v) is 3.82. The van der Waals surface area contributed by atoms with E-state index >= 15 is 0 Å². The van der Waals surface area contributed by atoms with Gasteiger partial charge in [0.25, 0.3) is 0 Å². The molecule has 0 aliphatic carbocycles. The molecule has 0 radical (unpaired) electrons. The number of aromatic hydroxyl groups is 1. The first kappa shape index (κ1) is 10.5. The Kier molecular flexibility index (Phi) is 2.52. The zero-order valence-electron chi connectivity index (χ0n) is 8.59. The zero-order valence-corrected chi connectivity index (χ0v) is 8.59. The molecule has 1 fully saturated rings. The van der Waals surface area contributed by atoms with Gasteiger partial charge in [-0.2, -0.15) is 0 Å². The number of rotatable bonds is 2. The summed E-state index contributed by atoms with van der Waals surface area (Å²) in [5.74, 6) is -0.840. The van der Waals surface area contributed by atoms with Gasteiger partial charge in [-0.3, -0.25) is 9.59 Å². The number of hydrogen-bond donors (Lipinski definition) is 2. The Morgan fingerprint density at radius 2 is 2.00 bits per heavy atom. The van der Waals surface area contributed by atoms with Crippen LogP contribution in [0.3, 0.4) is 0 Å². The molecule has 0 aromatic heterocycles. The number of primary amides is 1.